The first-order valence-electron chi connectivity index (χ1n) is 11.2. The Kier molecular flexibility index (Phi) is 6.66. The minimum absolute atomic E-state index is 0. The molecule has 0 unspecified atom stereocenters. The summed E-state index contributed by atoms with van der Waals surface area (Å²) in [6.07, 6.45) is 0. The number of likely N-dealkylation sites (N-methyl/N-ethyl adjacent to an activating group) is 1. The summed E-state index contributed by atoms with van der Waals surface area (Å²) in [5.74, 6) is 1.57. The van der Waals surface area contributed by atoms with E-state index >= 15 is 0 Å². The summed E-state index contributed by atoms with van der Waals surface area (Å²) >= 11 is 0. The topological polar surface area (TPSA) is 100 Å². The van der Waals surface area contributed by atoms with Gasteiger partial charge in [0.1, 0.15) is 30.6 Å². The third-order valence-corrected chi connectivity index (χ3v) is 6.18. The third kappa shape index (κ3) is 4.40. The van der Waals surface area contributed by atoms with Gasteiger partial charge in [-0.2, -0.15) is 0 Å². The Balaban J connectivity index is 0.00000289. The van der Waals surface area contributed by atoms with Crippen LogP contribution in [0.5, 0.6) is 5.75 Å². The molecule has 0 bridgehead atoms. The van der Waals surface area contributed by atoms with Crippen LogP contribution < -0.4 is 20.3 Å². The Bertz CT molecular complexity index is 1400. The first kappa shape index (κ1) is 24.1. The monoisotopic (exact) mass is 490 g/mol. The standard InChI is InChI=1S/C26H26N6O2.ClH/c1-3-31-22-6-4-5-7-23(22)32(15-25(31)33)18-10-13-21-20(14-18)29-24(30(21)2)16-34-19-11-8-17(9-12-19)26(27)28;/h4-14H,3,15-16H2,1-2H3,(H3,27,28);1H. The van der Waals surface area contributed by atoms with Gasteiger partial charge < -0.3 is 24.8 Å². The summed E-state index contributed by atoms with van der Waals surface area (Å²) in [5, 5.41) is 7.49. The van der Waals surface area contributed by atoms with Crippen LogP contribution in [0.15, 0.2) is 66.7 Å². The van der Waals surface area contributed by atoms with Crippen LogP contribution >= 0.6 is 12.4 Å². The maximum absolute atomic E-state index is 12.8. The van der Waals surface area contributed by atoms with Gasteiger partial charge in [-0.05, 0) is 61.5 Å². The Morgan fingerprint density at radius 2 is 1.80 bits per heavy atom. The molecule has 0 aliphatic carbocycles. The van der Waals surface area contributed by atoms with Crippen molar-refractivity contribution in [2.75, 3.05) is 22.9 Å². The molecule has 8 nitrogen and oxygen atoms in total. The summed E-state index contributed by atoms with van der Waals surface area (Å²) in [6.45, 7) is 3.22. The smallest absolute Gasteiger partial charge is 0.246 e. The zero-order valence-electron chi connectivity index (χ0n) is 19.6. The normalized spacial score (nSPS) is 12.9. The number of para-hydroxylation sites is 2. The number of ether oxygens (including phenoxy) is 1. The van der Waals surface area contributed by atoms with E-state index < -0.39 is 0 Å². The Morgan fingerprint density at radius 3 is 2.49 bits per heavy atom. The summed E-state index contributed by atoms with van der Waals surface area (Å²) in [6, 6.07) is 21.2. The highest BCUT2D eigenvalue weighted by Crippen LogP contribution is 2.38. The summed E-state index contributed by atoms with van der Waals surface area (Å²) < 4.78 is 7.92. The van der Waals surface area contributed by atoms with E-state index in [4.69, 9.17) is 20.9 Å². The van der Waals surface area contributed by atoms with E-state index in [1.807, 2.05) is 70.8 Å². The average molecular weight is 491 g/mol. The molecule has 1 amide bonds. The Labute approximate surface area is 209 Å². The van der Waals surface area contributed by atoms with Crippen LogP contribution in [-0.2, 0) is 18.4 Å². The maximum Gasteiger partial charge on any atom is 0.246 e. The summed E-state index contributed by atoms with van der Waals surface area (Å²) in [5.41, 5.74) is 10.9. The maximum atomic E-state index is 12.8. The van der Waals surface area contributed by atoms with Gasteiger partial charge in [0.25, 0.3) is 0 Å². The van der Waals surface area contributed by atoms with Crippen LogP contribution in [-0.4, -0.2) is 34.4 Å². The van der Waals surface area contributed by atoms with Crippen LogP contribution in [0.3, 0.4) is 0 Å². The minimum Gasteiger partial charge on any atom is -0.486 e. The van der Waals surface area contributed by atoms with Crippen molar-refractivity contribution in [2.45, 2.75) is 13.5 Å². The number of carbonyl (C=O) groups excluding carboxylic acids is 1. The predicted octanol–water partition coefficient (Wildman–Crippen LogP) is 4.36. The number of nitrogens with two attached hydrogens (primary N) is 1. The number of benzene rings is 3. The fourth-order valence-electron chi connectivity index (χ4n) is 4.35. The number of imidazole rings is 1. The first-order chi connectivity index (χ1) is 16.5. The van der Waals surface area contributed by atoms with Gasteiger partial charge in [0, 0.05) is 24.8 Å². The molecule has 0 saturated heterocycles. The second kappa shape index (κ2) is 9.68. The number of amides is 1. The van der Waals surface area contributed by atoms with Gasteiger partial charge in [-0.1, -0.05) is 12.1 Å². The number of hydrogen-bond acceptors (Lipinski definition) is 5. The van der Waals surface area contributed by atoms with Crippen molar-refractivity contribution in [2.24, 2.45) is 12.8 Å². The molecule has 5 rings (SSSR count). The average Bonchev–Trinajstić information content (AvgIpc) is 3.17. The number of hydrogen-bond donors (Lipinski definition) is 2. The van der Waals surface area contributed by atoms with E-state index in [0.717, 1.165) is 33.9 Å². The lowest BCUT2D eigenvalue weighted by Crippen LogP contribution is -2.43. The molecule has 35 heavy (non-hydrogen) atoms. The second-order valence-electron chi connectivity index (χ2n) is 8.20. The summed E-state index contributed by atoms with van der Waals surface area (Å²) in [7, 11) is 1.96. The molecule has 2 heterocycles. The molecule has 0 fully saturated rings. The number of nitrogen functional groups attached to an aromatic ring is 1. The predicted molar refractivity (Wildman–Crippen MR) is 141 cm³/mol. The SMILES string of the molecule is CCN1C(=O)CN(c2ccc3c(c2)nc(COc2ccc(C(=N)N)cc2)n3C)c2ccccc21.Cl. The van der Waals surface area contributed by atoms with Gasteiger partial charge in [-0.25, -0.2) is 4.98 Å². The lowest BCUT2D eigenvalue weighted by atomic mass is 10.1. The van der Waals surface area contributed by atoms with Gasteiger partial charge in [-0.15, -0.1) is 12.4 Å². The molecular weight excluding hydrogens is 464 g/mol. The largest absolute Gasteiger partial charge is 0.486 e. The number of aryl methyl sites for hydroxylation is 1. The van der Waals surface area contributed by atoms with Gasteiger partial charge in [0.05, 0.1) is 22.4 Å². The van der Waals surface area contributed by atoms with Gasteiger partial charge in [0.15, 0.2) is 0 Å². The van der Waals surface area contributed by atoms with Crippen LogP contribution in [0.2, 0.25) is 0 Å². The second-order valence-corrected chi connectivity index (χ2v) is 8.20. The van der Waals surface area contributed by atoms with Gasteiger partial charge in [-0.3, -0.25) is 10.2 Å². The number of nitrogens with one attached hydrogen (secondary N) is 1. The number of anilines is 3. The minimum atomic E-state index is 0. The van der Waals surface area contributed by atoms with Crippen LogP contribution in [0.4, 0.5) is 17.1 Å². The van der Waals surface area contributed by atoms with Crippen molar-refractivity contribution < 1.29 is 9.53 Å². The highest BCUT2D eigenvalue weighted by Gasteiger charge is 2.29. The van der Waals surface area contributed by atoms with E-state index in [1.54, 1.807) is 24.3 Å². The van der Waals surface area contributed by atoms with Crippen molar-refractivity contribution in [3.8, 4) is 5.75 Å². The molecule has 0 atom stereocenters. The van der Waals surface area contributed by atoms with E-state index in [2.05, 4.69) is 0 Å². The highest BCUT2D eigenvalue weighted by molar-refractivity contribution is 6.05. The van der Waals surface area contributed by atoms with Crippen molar-refractivity contribution in [3.63, 3.8) is 0 Å². The molecule has 9 heteroatoms. The highest BCUT2D eigenvalue weighted by atomic mass is 35.5. The fourth-order valence-corrected chi connectivity index (χ4v) is 4.35. The lowest BCUT2D eigenvalue weighted by Gasteiger charge is -2.36. The number of halogens is 1. The molecule has 4 aromatic rings. The molecule has 180 valence electrons. The number of amidine groups is 1. The molecular formula is C26H27ClN6O2. The van der Waals surface area contributed by atoms with E-state index in [-0.39, 0.29) is 30.7 Å². The van der Waals surface area contributed by atoms with Crippen molar-refractivity contribution in [1.82, 2.24) is 9.55 Å². The zero-order valence-corrected chi connectivity index (χ0v) is 20.4. The zero-order chi connectivity index (χ0) is 23.8. The molecule has 1 aliphatic rings. The van der Waals surface area contributed by atoms with Crippen molar-refractivity contribution in [3.05, 3.63) is 78.1 Å². The fraction of sp³-hybridized carbons (Fsp3) is 0.192. The summed E-state index contributed by atoms with van der Waals surface area (Å²) in [4.78, 5) is 21.5. The van der Waals surface area contributed by atoms with Gasteiger partial charge in [0.2, 0.25) is 5.91 Å². The molecule has 3 N–H and O–H groups in total. The van der Waals surface area contributed by atoms with Crippen molar-refractivity contribution in [1.29, 1.82) is 5.41 Å². The van der Waals surface area contributed by atoms with E-state index in [9.17, 15) is 4.79 Å². The van der Waals surface area contributed by atoms with Crippen LogP contribution in [0.25, 0.3) is 11.0 Å². The number of nitrogens with zero attached hydrogens (tertiary/aromatic N) is 4. The first-order valence-corrected chi connectivity index (χ1v) is 11.2. The number of fused-ring (bicyclic) bond motifs is 2. The lowest BCUT2D eigenvalue weighted by molar-refractivity contribution is -0.117. The molecule has 1 aromatic heterocycles. The third-order valence-electron chi connectivity index (χ3n) is 6.18. The molecule has 1 aliphatic heterocycles. The quantitative estimate of drug-likeness (QED) is 0.309. The number of carbonyl (C=O) groups is 1. The van der Waals surface area contributed by atoms with Gasteiger partial charge >= 0.3 is 0 Å². The van der Waals surface area contributed by atoms with E-state index in [1.165, 1.54) is 0 Å². The van der Waals surface area contributed by atoms with E-state index in [0.29, 0.717) is 24.5 Å². The Hall–Kier alpha value is -4.04. The number of aromatic nitrogens is 2. The molecule has 3 aromatic carbocycles. The van der Waals surface area contributed by atoms with Crippen molar-refractivity contribution >= 4 is 52.2 Å². The van der Waals surface area contributed by atoms with Crippen LogP contribution in [0, 0.1) is 5.41 Å². The Morgan fingerprint density at radius 1 is 1.09 bits per heavy atom. The number of rotatable bonds is 6. The molecule has 0 spiro atoms. The molecule has 0 radical (unpaired) electrons. The van der Waals surface area contributed by atoms with Crippen LogP contribution in [0.1, 0.15) is 18.3 Å². The molecule has 0 saturated carbocycles.